The number of nitrogens with one attached hydrogen (secondary N) is 2. The Morgan fingerprint density at radius 1 is 1.17 bits per heavy atom. The van der Waals surface area contributed by atoms with E-state index in [0.29, 0.717) is 29.8 Å². The largest absolute Gasteiger partial charge is 0.398 e. The van der Waals surface area contributed by atoms with Gasteiger partial charge in [-0.15, -0.1) is 0 Å². The summed E-state index contributed by atoms with van der Waals surface area (Å²) in [6, 6.07) is 12.6. The molecule has 0 aliphatic heterocycles. The number of Topliss-reactive ketones (excluding diaryl/α,β-unsaturated/α-hetero) is 1. The van der Waals surface area contributed by atoms with Crippen LogP contribution in [0.5, 0.6) is 0 Å². The first kappa shape index (κ1) is 15.8. The lowest BCUT2D eigenvalue weighted by molar-refractivity contribution is 0.0954. The lowest BCUT2D eigenvalue weighted by Crippen LogP contribution is -2.26. The van der Waals surface area contributed by atoms with Gasteiger partial charge in [0.1, 0.15) is 0 Å². The molecular formula is C19H19N3O2. The third-order valence-electron chi connectivity index (χ3n) is 4.06. The van der Waals surface area contributed by atoms with Gasteiger partial charge in [-0.05, 0) is 49.2 Å². The molecule has 1 amide bonds. The monoisotopic (exact) mass is 321 g/mol. The van der Waals surface area contributed by atoms with Gasteiger partial charge in [-0.3, -0.25) is 9.59 Å². The van der Waals surface area contributed by atoms with E-state index in [4.69, 9.17) is 5.73 Å². The zero-order valence-electron chi connectivity index (χ0n) is 13.4. The number of hydrogen-bond donors (Lipinski definition) is 3. The Labute approximate surface area is 139 Å². The van der Waals surface area contributed by atoms with E-state index in [1.165, 1.54) is 0 Å². The smallest absolute Gasteiger partial charge is 0.253 e. The van der Waals surface area contributed by atoms with Gasteiger partial charge in [-0.25, -0.2) is 0 Å². The summed E-state index contributed by atoms with van der Waals surface area (Å²) in [7, 11) is 0. The van der Waals surface area contributed by atoms with Gasteiger partial charge in [-0.1, -0.05) is 12.1 Å². The van der Waals surface area contributed by atoms with Crippen molar-refractivity contribution in [1.82, 2.24) is 10.3 Å². The Hall–Kier alpha value is -3.08. The molecule has 0 bridgehead atoms. The lowest BCUT2D eigenvalue weighted by Gasteiger charge is -2.07. The number of para-hydroxylation sites is 1. The summed E-state index contributed by atoms with van der Waals surface area (Å²) in [5.74, 6) is -0.144. The van der Waals surface area contributed by atoms with Crippen molar-refractivity contribution in [3.8, 4) is 0 Å². The number of H-pyrrole nitrogens is 1. The van der Waals surface area contributed by atoms with Gasteiger partial charge in [0, 0.05) is 34.9 Å². The lowest BCUT2D eigenvalue weighted by atomic mass is 10.1. The highest BCUT2D eigenvalue weighted by atomic mass is 16.1. The minimum absolute atomic E-state index is 0.0388. The molecule has 3 aromatic rings. The summed E-state index contributed by atoms with van der Waals surface area (Å²) < 4.78 is 0. The minimum atomic E-state index is -0.183. The number of anilines is 1. The van der Waals surface area contributed by atoms with Gasteiger partial charge >= 0.3 is 0 Å². The molecule has 5 heteroatoms. The molecule has 122 valence electrons. The Kier molecular flexibility index (Phi) is 4.33. The molecule has 0 aliphatic rings. The number of fused-ring (bicyclic) bond motifs is 1. The predicted octanol–water partition coefficient (Wildman–Crippen LogP) is 2.93. The van der Waals surface area contributed by atoms with Crippen LogP contribution < -0.4 is 11.1 Å². The second kappa shape index (κ2) is 6.58. The summed E-state index contributed by atoms with van der Waals surface area (Å²) in [6.45, 7) is 2.04. The number of benzene rings is 2. The van der Waals surface area contributed by atoms with Crippen molar-refractivity contribution in [2.24, 2.45) is 0 Å². The minimum Gasteiger partial charge on any atom is -0.398 e. The number of hydrogen-bond acceptors (Lipinski definition) is 3. The van der Waals surface area contributed by atoms with Crippen LogP contribution >= 0.6 is 0 Å². The molecule has 0 radical (unpaired) electrons. The van der Waals surface area contributed by atoms with Gasteiger partial charge < -0.3 is 16.0 Å². The normalized spacial score (nSPS) is 10.7. The molecule has 5 nitrogen and oxygen atoms in total. The molecule has 2 aromatic carbocycles. The van der Waals surface area contributed by atoms with Crippen molar-refractivity contribution in [2.45, 2.75) is 13.3 Å². The van der Waals surface area contributed by atoms with Crippen LogP contribution in [-0.4, -0.2) is 23.2 Å². The van der Waals surface area contributed by atoms with Crippen molar-refractivity contribution in [1.29, 1.82) is 0 Å². The van der Waals surface area contributed by atoms with Crippen molar-refractivity contribution in [3.05, 3.63) is 65.4 Å². The maximum absolute atomic E-state index is 12.2. The quantitative estimate of drug-likeness (QED) is 0.499. The summed E-state index contributed by atoms with van der Waals surface area (Å²) >= 11 is 0. The fourth-order valence-corrected chi connectivity index (χ4v) is 2.71. The highest BCUT2D eigenvalue weighted by Crippen LogP contribution is 2.20. The Morgan fingerprint density at radius 3 is 2.71 bits per heavy atom. The zero-order valence-corrected chi connectivity index (χ0v) is 13.4. The Balaban J connectivity index is 1.70. The first-order valence-electron chi connectivity index (χ1n) is 7.80. The summed E-state index contributed by atoms with van der Waals surface area (Å²) in [6.07, 6.45) is 2.58. The van der Waals surface area contributed by atoms with E-state index in [-0.39, 0.29) is 11.7 Å². The fourth-order valence-electron chi connectivity index (χ4n) is 2.71. The van der Waals surface area contributed by atoms with Gasteiger partial charge in [0.2, 0.25) is 0 Å². The second-order valence-corrected chi connectivity index (χ2v) is 5.72. The highest BCUT2D eigenvalue weighted by molar-refractivity contribution is 5.99. The maximum atomic E-state index is 12.2. The van der Waals surface area contributed by atoms with Crippen LogP contribution in [0.25, 0.3) is 10.9 Å². The van der Waals surface area contributed by atoms with Gasteiger partial charge in [0.15, 0.2) is 5.78 Å². The van der Waals surface area contributed by atoms with Crippen molar-refractivity contribution in [2.75, 3.05) is 12.3 Å². The molecule has 4 N–H and O–H groups in total. The molecule has 0 aliphatic carbocycles. The zero-order chi connectivity index (χ0) is 17.1. The van der Waals surface area contributed by atoms with Crippen LogP contribution in [0, 0.1) is 0 Å². The van der Waals surface area contributed by atoms with Crippen LogP contribution in [-0.2, 0) is 6.42 Å². The van der Waals surface area contributed by atoms with Crippen molar-refractivity contribution < 1.29 is 9.59 Å². The third-order valence-corrected chi connectivity index (χ3v) is 4.06. The molecule has 0 unspecified atom stereocenters. The third kappa shape index (κ3) is 3.15. The van der Waals surface area contributed by atoms with Crippen LogP contribution in [0.2, 0.25) is 0 Å². The van der Waals surface area contributed by atoms with Gasteiger partial charge in [0.05, 0.1) is 5.56 Å². The second-order valence-electron chi connectivity index (χ2n) is 5.72. The Bertz CT molecular complexity index is 912. The topological polar surface area (TPSA) is 88.0 Å². The SMILES string of the molecule is CC(=O)c1ccc2[nH]cc(CCNC(=O)c3ccccc3N)c2c1. The summed E-state index contributed by atoms with van der Waals surface area (Å²) in [5.41, 5.74) is 9.49. The standard InChI is InChI=1S/C19H19N3O2/c1-12(23)13-6-7-18-16(10-13)14(11-22-18)8-9-21-19(24)15-4-2-3-5-17(15)20/h2-7,10-11,22H,8-9,20H2,1H3,(H,21,24). The van der Waals surface area contributed by atoms with E-state index in [1.807, 2.05) is 24.4 Å². The highest BCUT2D eigenvalue weighted by Gasteiger charge is 2.10. The molecule has 0 atom stereocenters. The predicted molar refractivity (Wildman–Crippen MR) is 95.2 cm³/mol. The number of aromatic amines is 1. The number of ketones is 1. The fraction of sp³-hybridized carbons (Fsp3) is 0.158. The number of rotatable bonds is 5. The van der Waals surface area contributed by atoms with Crippen molar-refractivity contribution in [3.63, 3.8) is 0 Å². The first-order chi connectivity index (χ1) is 11.6. The van der Waals surface area contributed by atoms with Crippen molar-refractivity contribution >= 4 is 28.3 Å². The van der Waals surface area contributed by atoms with Gasteiger partial charge in [0.25, 0.3) is 5.91 Å². The molecule has 1 heterocycles. The van der Waals surface area contributed by atoms with E-state index >= 15 is 0 Å². The number of nitrogen functional groups attached to an aromatic ring is 1. The number of carbonyl (C=O) groups excluding carboxylic acids is 2. The van der Waals surface area contributed by atoms with Crippen LogP contribution in [0.3, 0.4) is 0 Å². The molecule has 0 spiro atoms. The van der Waals surface area contributed by atoms with E-state index in [0.717, 1.165) is 16.5 Å². The summed E-state index contributed by atoms with van der Waals surface area (Å²) in [4.78, 5) is 26.9. The van der Waals surface area contributed by atoms with Crippen LogP contribution in [0.4, 0.5) is 5.69 Å². The number of amides is 1. The van der Waals surface area contributed by atoms with Crippen LogP contribution in [0.15, 0.2) is 48.7 Å². The average Bonchev–Trinajstić information content (AvgIpc) is 2.97. The molecular weight excluding hydrogens is 302 g/mol. The van der Waals surface area contributed by atoms with Gasteiger partial charge in [-0.2, -0.15) is 0 Å². The molecule has 1 aromatic heterocycles. The Morgan fingerprint density at radius 2 is 1.96 bits per heavy atom. The maximum Gasteiger partial charge on any atom is 0.253 e. The molecule has 0 fully saturated rings. The number of carbonyl (C=O) groups is 2. The first-order valence-corrected chi connectivity index (χ1v) is 7.80. The molecule has 3 rings (SSSR count). The van der Waals surface area contributed by atoms with E-state index in [2.05, 4.69) is 10.3 Å². The molecule has 0 saturated carbocycles. The van der Waals surface area contributed by atoms with E-state index in [9.17, 15) is 9.59 Å². The number of aromatic nitrogens is 1. The molecule has 0 saturated heterocycles. The van der Waals surface area contributed by atoms with E-state index in [1.54, 1.807) is 31.2 Å². The molecule has 24 heavy (non-hydrogen) atoms. The summed E-state index contributed by atoms with van der Waals surface area (Å²) in [5, 5.41) is 3.89. The van der Waals surface area contributed by atoms with Crippen LogP contribution in [0.1, 0.15) is 33.2 Å². The average molecular weight is 321 g/mol. The van der Waals surface area contributed by atoms with E-state index < -0.39 is 0 Å². The number of nitrogens with two attached hydrogens (primary N) is 1.